The van der Waals surface area contributed by atoms with Crippen LogP contribution in [0.25, 0.3) is 0 Å². The third kappa shape index (κ3) is 4.11. The van der Waals surface area contributed by atoms with Crippen molar-refractivity contribution in [1.29, 1.82) is 0 Å². The van der Waals surface area contributed by atoms with Crippen LogP contribution in [0.15, 0.2) is 72.1 Å². The molecule has 3 rings (SSSR count). The highest BCUT2D eigenvalue weighted by Crippen LogP contribution is 2.23. The van der Waals surface area contributed by atoms with Crippen molar-refractivity contribution >= 4 is 15.7 Å². The van der Waals surface area contributed by atoms with Crippen molar-refractivity contribution in [3.63, 3.8) is 0 Å². The van der Waals surface area contributed by atoms with Crippen molar-refractivity contribution in [2.45, 2.75) is 12.5 Å². The Morgan fingerprint density at radius 2 is 1.54 bits per heavy atom. The molecular formula is C19H19NO3S. The van der Waals surface area contributed by atoms with Crippen molar-refractivity contribution in [3.8, 4) is 0 Å². The molecule has 1 amide bonds. The monoisotopic (exact) mass is 341 g/mol. The van der Waals surface area contributed by atoms with Crippen molar-refractivity contribution in [2.75, 3.05) is 5.75 Å². The standard InChI is InChI=1S/C19H19NO3S/c21-18(13-15-11-12-24(22,23)14-15)20-19(16-7-3-1-4-8-16)17-9-5-2-6-10-17/h1-12,15,19H,13-14H2,(H,20,21)/t15-/m0/s1. The van der Waals surface area contributed by atoms with Gasteiger partial charge in [-0.05, 0) is 11.1 Å². The Kier molecular flexibility index (Phi) is 4.81. The number of nitrogens with one attached hydrogen (secondary N) is 1. The van der Waals surface area contributed by atoms with Crippen LogP contribution in [0.1, 0.15) is 23.6 Å². The Bertz CT molecular complexity index is 790. The van der Waals surface area contributed by atoms with Gasteiger partial charge in [0.05, 0.1) is 11.8 Å². The van der Waals surface area contributed by atoms with E-state index in [2.05, 4.69) is 5.32 Å². The first-order valence-electron chi connectivity index (χ1n) is 7.84. The summed E-state index contributed by atoms with van der Waals surface area (Å²) >= 11 is 0. The van der Waals surface area contributed by atoms with E-state index in [4.69, 9.17) is 0 Å². The predicted molar refractivity (Wildman–Crippen MR) is 93.9 cm³/mol. The van der Waals surface area contributed by atoms with E-state index in [9.17, 15) is 13.2 Å². The largest absolute Gasteiger partial charge is 0.345 e. The lowest BCUT2D eigenvalue weighted by Crippen LogP contribution is -2.31. The number of sulfone groups is 1. The van der Waals surface area contributed by atoms with Crippen LogP contribution >= 0.6 is 0 Å². The topological polar surface area (TPSA) is 63.2 Å². The van der Waals surface area contributed by atoms with Gasteiger partial charge in [-0.2, -0.15) is 0 Å². The number of allylic oxidation sites excluding steroid dienone is 1. The zero-order chi connectivity index (χ0) is 17.0. The fraction of sp³-hybridized carbons (Fsp3) is 0.211. The molecular weight excluding hydrogens is 322 g/mol. The van der Waals surface area contributed by atoms with Crippen LogP contribution < -0.4 is 5.32 Å². The molecule has 124 valence electrons. The first-order chi connectivity index (χ1) is 11.5. The summed E-state index contributed by atoms with van der Waals surface area (Å²) in [6.45, 7) is 0. The van der Waals surface area contributed by atoms with Crippen LogP contribution in [0.2, 0.25) is 0 Å². The summed E-state index contributed by atoms with van der Waals surface area (Å²) in [7, 11) is -3.13. The van der Waals surface area contributed by atoms with E-state index in [0.29, 0.717) is 0 Å². The fourth-order valence-electron chi connectivity index (χ4n) is 2.88. The second-order valence-corrected chi connectivity index (χ2v) is 7.88. The summed E-state index contributed by atoms with van der Waals surface area (Å²) in [6, 6.07) is 19.2. The lowest BCUT2D eigenvalue weighted by atomic mass is 9.98. The van der Waals surface area contributed by atoms with E-state index in [0.717, 1.165) is 11.1 Å². The molecule has 0 fully saturated rings. The lowest BCUT2D eigenvalue weighted by Gasteiger charge is -2.20. The van der Waals surface area contributed by atoms with E-state index in [-0.39, 0.29) is 30.0 Å². The number of hydrogen-bond donors (Lipinski definition) is 1. The van der Waals surface area contributed by atoms with Gasteiger partial charge in [-0.15, -0.1) is 0 Å². The van der Waals surface area contributed by atoms with Crippen LogP contribution in [-0.4, -0.2) is 20.1 Å². The molecule has 0 saturated carbocycles. The highest BCUT2D eigenvalue weighted by Gasteiger charge is 2.25. The van der Waals surface area contributed by atoms with Crippen molar-refractivity contribution in [2.24, 2.45) is 5.92 Å². The summed E-state index contributed by atoms with van der Waals surface area (Å²) in [5.74, 6) is -0.386. The Morgan fingerprint density at radius 3 is 2.00 bits per heavy atom. The van der Waals surface area contributed by atoms with E-state index >= 15 is 0 Å². The molecule has 0 bridgehead atoms. The quantitative estimate of drug-likeness (QED) is 0.909. The van der Waals surface area contributed by atoms with E-state index in [1.54, 1.807) is 6.08 Å². The minimum absolute atomic E-state index is 0.0156. The normalized spacial score (nSPS) is 18.6. The molecule has 0 aromatic heterocycles. The van der Waals surface area contributed by atoms with Crippen LogP contribution in [0.5, 0.6) is 0 Å². The van der Waals surface area contributed by atoms with Crippen LogP contribution in [-0.2, 0) is 14.6 Å². The predicted octanol–water partition coefficient (Wildman–Crippen LogP) is 2.84. The van der Waals surface area contributed by atoms with Gasteiger partial charge < -0.3 is 5.32 Å². The number of hydrogen-bond acceptors (Lipinski definition) is 3. The maximum atomic E-state index is 12.4. The van der Waals surface area contributed by atoms with Crippen LogP contribution in [0.4, 0.5) is 0 Å². The van der Waals surface area contributed by atoms with Crippen molar-refractivity contribution in [1.82, 2.24) is 5.32 Å². The first kappa shape index (κ1) is 16.5. The molecule has 24 heavy (non-hydrogen) atoms. The molecule has 2 aromatic rings. The molecule has 1 aliphatic rings. The molecule has 0 radical (unpaired) electrons. The van der Waals surface area contributed by atoms with Crippen molar-refractivity contribution < 1.29 is 13.2 Å². The highest BCUT2D eigenvalue weighted by molar-refractivity contribution is 7.94. The van der Waals surface area contributed by atoms with Gasteiger partial charge in [0.1, 0.15) is 0 Å². The van der Waals surface area contributed by atoms with Gasteiger partial charge in [0.25, 0.3) is 0 Å². The summed E-state index contributed by atoms with van der Waals surface area (Å²) < 4.78 is 22.9. The van der Waals surface area contributed by atoms with E-state index < -0.39 is 9.84 Å². The number of benzene rings is 2. The molecule has 4 nitrogen and oxygen atoms in total. The maximum absolute atomic E-state index is 12.4. The first-order valence-corrected chi connectivity index (χ1v) is 9.55. The number of rotatable bonds is 5. The lowest BCUT2D eigenvalue weighted by molar-refractivity contribution is -0.122. The average Bonchev–Trinajstić information content (AvgIpc) is 2.93. The number of carbonyl (C=O) groups excluding carboxylic acids is 1. The molecule has 0 saturated heterocycles. The van der Waals surface area contributed by atoms with Gasteiger partial charge in [-0.1, -0.05) is 66.7 Å². The zero-order valence-electron chi connectivity index (χ0n) is 13.1. The second kappa shape index (κ2) is 7.01. The average molecular weight is 341 g/mol. The molecule has 0 aliphatic carbocycles. The maximum Gasteiger partial charge on any atom is 0.221 e. The van der Waals surface area contributed by atoms with Crippen molar-refractivity contribution in [3.05, 3.63) is 83.3 Å². The Balaban J connectivity index is 1.75. The Morgan fingerprint density at radius 1 is 1.00 bits per heavy atom. The second-order valence-electron chi connectivity index (χ2n) is 5.94. The molecule has 1 heterocycles. The van der Waals surface area contributed by atoms with Gasteiger partial charge in [-0.25, -0.2) is 8.42 Å². The SMILES string of the molecule is O=C(C[C@@H]1C=CS(=O)(=O)C1)NC(c1ccccc1)c1ccccc1. The molecule has 2 aromatic carbocycles. The van der Waals surface area contributed by atoms with E-state index in [1.165, 1.54) is 5.41 Å². The minimum Gasteiger partial charge on any atom is -0.345 e. The number of amides is 1. The molecule has 1 N–H and O–H groups in total. The third-order valence-electron chi connectivity index (χ3n) is 4.02. The summed E-state index contributed by atoms with van der Waals surface area (Å²) in [5, 5.41) is 4.24. The zero-order valence-corrected chi connectivity index (χ0v) is 13.9. The van der Waals surface area contributed by atoms with Gasteiger partial charge >= 0.3 is 0 Å². The van der Waals surface area contributed by atoms with Gasteiger partial charge in [0.15, 0.2) is 9.84 Å². The summed E-state index contributed by atoms with van der Waals surface area (Å²) in [6.07, 6.45) is 1.78. The van der Waals surface area contributed by atoms with Crippen LogP contribution in [0, 0.1) is 5.92 Å². The van der Waals surface area contributed by atoms with E-state index in [1.807, 2.05) is 60.7 Å². The molecule has 1 aliphatic heterocycles. The molecule has 5 heteroatoms. The van der Waals surface area contributed by atoms with Gasteiger partial charge in [-0.3, -0.25) is 4.79 Å². The fourth-order valence-corrected chi connectivity index (χ4v) is 4.27. The smallest absolute Gasteiger partial charge is 0.221 e. The summed E-state index contributed by atoms with van der Waals surface area (Å²) in [5.41, 5.74) is 1.98. The summed E-state index contributed by atoms with van der Waals surface area (Å²) in [4.78, 5) is 12.4. The molecule has 0 spiro atoms. The minimum atomic E-state index is -3.13. The molecule has 0 unspecified atom stereocenters. The third-order valence-corrected chi connectivity index (χ3v) is 5.49. The van der Waals surface area contributed by atoms with Gasteiger partial charge in [0, 0.05) is 17.7 Å². The van der Waals surface area contributed by atoms with Gasteiger partial charge in [0.2, 0.25) is 5.91 Å². The Labute approximate surface area is 142 Å². The number of carbonyl (C=O) groups is 1. The Hall–Kier alpha value is -2.40. The van der Waals surface area contributed by atoms with Crippen LogP contribution in [0.3, 0.4) is 0 Å². The molecule has 1 atom stereocenters. The highest BCUT2D eigenvalue weighted by atomic mass is 32.2.